The number of hydrogen-bond acceptors (Lipinski definition) is 2. The molecule has 3 nitrogen and oxygen atoms in total. The van der Waals surface area contributed by atoms with Crippen molar-refractivity contribution in [3.8, 4) is 0 Å². The third kappa shape index (κ3) is 3.30. The molecule has 0 aliphatic heterocycles. The maximum absolute atomic E-state index is 4.43. The Kier molecular flexibility index (Phi) is 4.22. The topological polar surface area (TPSA) is 29.9 Å². The third-order valence-electron chi connectivity index (χ3n) is 3.78. The molecule has 1 aliphatic carbocycles. The first kappa shape index (κ1) is 13.8. The van der Waals surface area contributed by atoms with Crippen LogP contribution in [-0.4, -0.2) is 16.1 Å². The van der Waals surface area contributed by atoms with Crippen molar-refractivity contribution in [1.82, 2.24) is 14.9 Å². The Morgan fingerprint density at radius 3 is 2.90 bits per heavy atom. The highest BCUT2D eigenvalue weighted by Crippen LogP contribution is 2.41. The van der Waals surface area contributed by atoms with E-state index in [1.807, 2.05) is 12.3 Å². The van der Waals surface area contributed by atoms with Gasteiger partial charge < -0.3 is 9.88 Å². The van der Waals surface area contributed by atoms with Crippen molar-refractivity contribution in [1.29, 1.82) is 0 Å². The lowest BCUT2D eigenvalue weighted by atomic mass is 10.1. The van der Waals surface area contributed by atoms with E-state index in [0.717, 1.165) is 29.2 Å². The maximum Gasteiger partial charge on any atom is 0.0642 e. The van der Waals surface area contributed by atoms with Crippen LogP contribution in [0.1, 0.15) is 37.1 Å². The summed E-state index contributed by atoms with van der Waals surface area (Å²) < 4.78 is 3.24. The molecule has 1 aliphatic rings. The van der Waals surface area contributed by atoms with Crippen LogP contribution in [0.5, 0.6) is 0 Å². The number of rotatable bonds is 6. The molecule has 0 saturated heterocycles. The minimum absolute atomic E-state index is 0.527. The fraction of sp³-hybridized carbons (Fsp3) is 0.438. The Balaban J connectivity index is 1.70. The van der Waals surface area contributed by atoms with Gasteiger partial charge in [-0.15, -0.1) is 0 Å². The minimum Gasteiger partial charge on any atom is -0.348 e. The molecule has 0 spiro atoms. The van der Waals surface area contributed by atoms with Gasteiger partial charge in [0.1, 0.15) is 0 Å². The summed E-state index contributed by atoms with van der Waals surface area (Å²) in [7, 11) is 0. The molecule has 3 rings (SSSR count). The van der Waals surface area contributed by atoms with Crippen LogP contribution in [0.2, 0.25) is 0 Å². The number of nitrogens with zero attached hydrogens (tertiary/aromatic N) is 2. The highest BCUT2D eigenvalue weighted by atomic mass is 79.9. The number of pyridine rings is 1. The lowest BCUT2D eigenvalue weighted by Crippen LogP contribution is -2.22. The maximum atomic E-state index is 4.43. The van der Waals surface area contributed by atoms with Gasteiger partial charge in [0.2, 0.25) is 0 Å². The molecule has 0 radical (unpaired) electrons. The van der Waals surface area contributed by atoms with Gasteiger partial charge in [0.15, 0.2) is 0 Å². The zero-order chi connectivity index (χ0) is 13.9. The molecule has 1 N–H and O–H groups in total. The molecule has 1 saturated carbocycles. The predicted molar refractivity (Wildman–Crippen MR) is 84.6 cm³/mol. The highest BCUT2D eigenvalue weighted by molar-refractivity contribution is 9.10. The third-order valence-corrected chi connectivity index (χ3v) is 4.25. The molecule has 0 amide bonds. The number of halogens is 1. The second-order valence-corrected chi connectivity index (χ2v) is 6.37. The fourth-order valence-corrected chi connectivity index (χ4v) is 2.87. The van der Waals surface area contributed by atoms with Crippen molar-refractivity contribution in [3.05, 3.63) is 52.5 Å². The molecule has 20 heavy (non-hydrogen) atoms. The normalized spacial score (nSPS) is 16.3. The van der Waals surface area contributed by atoms with Gasteiger partial charge in [-0.1, -0.05) is 6.92 Å². The summed E-state index contributed by atoms with van der Waals surface area (Å²) in [5.41, 5.74) is 2.49. The molecule has 2 heterocycles. The van der Waals surface area contributed by atoms with Gasteiger partial charge in [-0.2, -0.15) is 0 Å². The van der Waals surface area contributed by atoms with Crippen molar-refractivity contribution in [3.63, 3.8) is 0 Å². The molecule has 2 aromatic rings. The first-order valence-electron chi connectivity index (χ1n) is 7.25. The first-order valence-corrected chi connectivity index (χ1v) is 8.05. The Labute approximate surface area is 128 Å². The van der Waals surface area contributed by atoms with Crippen LogP contribution < -0.4 is 5.32 Å². The van der Waals surface area contributed by atoms with E-state index in [4.69, 9.17) is 0 Å². The Bertz CT molecular complexity index is 557. The van der Waals surface area contributed by atoms with Crippen molar-refractivity contribution >= 4 is 15.9 Å². The monoisotopic (exact) mass is 333 g/mol. The number of hydrogen-bond donors (Lipinski definition) is 1. The van der Waals surface area contributed by atoms with Gasteiger partial charge in [-0.25, -0.2) is 0 Å². The predicted octanol–water partition coefficient (Wildman–Crippen LogP) is 3.75. The minimum atomic E-state index is 0.527. The summed E-state index contributed by atoms with van der Waals surface area (Å²) >= 11 is 3.42. The van der Waals surface area contributed by atoms with Crippen molar-refractivity contribution in [2.24, 2.45) is 5.92 Å². The molecular weight excluding hydrogens is 314 g/mol. The second-order valence-electron chi connectivity index (χ2n) is 5.46. The smallest absolute Gasteiger partial charge is 0.0642 e. The second kappa shape index (κ2) is 6.10. The van der Waals surface area contributed by atoms with Crippen LogP contribution in [-0.2, 0) is 6.54 Å². The standard InChI is InChI=1S/C16H20BrN3/c1-2-18-16(12-3-4-12)13-7-8-20(10-13)11-15-6-5-14(17)9-19-15/h5-10,12,16,18H,2-4,11H2,1H3. The molecule has 1 unspecified atom stereocenters. The van der Waals surface area contributed by atoms with Crippen molar-refractivity contribution in [2.45, 2.75) is 32.4 Å². The number of nitrogens with one attached hydrogen (secondary N) is 1. The summed E-state index contributed by atoms with van der Waals surface area (Å²) in [5, 5.41) is 3.61. The lowest BCUT2D eigenvalue weighted by Gasteiger charge is -2.15. The van der Waals surface area contributed by atoms with Crippen molar-refractivity contribution < 1.29 is 0 Å². The Morgan fingerprint density at radius 2 is 2.25 bits per heavy atom. The lowest BCUT2D eigenvalue weighted by molar-refractivity contribution is 0.495. The van der Waals surface area contributed by atoms with Gasteiger partial charge in [0.25, 0.3) is 0 Å². The van der Waals surface area contributed by atoms with E-state index in [0.29, 0.717) is 6.04 Å². The molecule has 0 bridgehead atoms. The van der Waals surface area contributed by atoms with Crippen LogP contribution in [0.4, 0.5) is 0 Å². The van der Waals surface area contributed by atoms with Crippen LogP contribution in [0.3, 0.4) is 0 Å². The quantitative estimate of drug-likeness (QED) is 0.872. The number of aromatic nitrogens is 2. The molecule has 4 heteroatoms. The van der Waals surface area contributed by atoms with Gasteiger partial charge in [0.05, 0.1) is 12.2 Å². The largest absolute Gasteiger partial charge is 0.348 e. The van der Waals surface area contributed by atoms with Gasteiger partial charge in [-0.3, -0.25) is 4.98 Å². The van der Waals surface area contributed by atoms with Crippen LogP contribution in [0.15, 0.2) is 41.3 Å². The zero-order valence-corrected chi connectivity index (χ0v) is 13.3. The van der Waals surface area contributed by atoms with Gasteiger partial charge in [0, 0.05) is 29.1 Å². The van der Waals surface area contributed by atoms with E-state index in [1.54, 1.807) is 0 Å². The van der Waals surface area contributed by atoms with Crippen LogP contribution >= 0.6 is 15.9 Å². The Hall–Kier alpha value is -1.13. The van der Waals surface area contributed by atoms with Crippen LogP contribution in [0, 0.1) is 5.92 Å². The summed E-state index contributed by atoms with van der Waals surface area (Å²) in [4.78, 5) is 4.43. The molecule has 1 fully saturated rings. The van der Waals surface area contributed by atoms with E-state index in [-0.39, 0.29) is 0 Å². The van der Waals surface area contributed by atoms with Crippen LogP contribution in [0.25, 0.3) is 0 Å². The molecular formula is C16H20BrN3. The Morgan fingerprint density at radius 1 is 1.40 bits per heavy atom. The first-order chi connectivity index (χ1) is 9.76. The summed E-state index contributed by atoms with van der Waals surface area (Å²) in [6.45, 7) is 4.04. The zero-order valence-electron chi connectivity index (χ0n) is 11.7. The fourth-order valence-electron chi connectivity index (χ4n) is 2.63. The molecule has 106 valence electrons. The van der Waals surface area contributed by atoms with E-state index < -0.39 is 0 Å². The molecule has 1 atom stereocenters. The van der Waals surface area contributed by atoms with E-state index in [1.165, 1.54) is 18.4 Å². The van der Waals surface area contributed by atoms with Crippen molar-refractivity contribution in [2.75, 3.05) is 6.54 Å². The summed E-state index contributed by atoms with van der Waals surface area (Å²) in [6, 6.07) is 6.87. The SMILES string of the molecule is CCNC(c1ccn(Cc2ccc(Br)cn2)c1)C1CC1. The van der Waals surface area contributed by atoms with Gasteiger partial charge in [-0.05, 0) is 65.0 Å². The van der Waals surface area contributed by atoms with E-state index in [9.17, 15) is 0 Å². The van der Waals surface area contributed by atoms with Gasteiger partial charge >= 0.3 is 0 Å². The molecule has 0 aromatic carbocycles. The highest BCUT2D eigenvalue weighted by Gasteiger charge is 2.31. The van der Waals surface area contributed by atoms with E-state index in [2.05, 4.69) is 62.2 Å². The average Bonchev–Trinajstić information content (AvgIpc) is 3.19. The average molecular weight is 334 g/mol. The molecule has 2 aromatic heterocycles. The van der Waals surface area contributed by atoms with E-state index >= 15 is 0 Å². The summed E-state index contributed by atoms with van der Waals surface area (Å²) in [6.07, 6.45) is 8.99. The summed E-state index contributed by atoms with van der Waals surface area (Å²) in [5.74, 6) is 0.830.